The van der Waals surface area contributed by atoms with Crippen molar-refractivity contribution in [2.75, 3.05) is 18.5 Å². The molecular formula is C20H22F3N3O3. The van der Waals surface area contributed by atoms with E-state index in [-0.39, 0.29) is 30.6 Å². The molecule has 1 aromatic heterocycles. The standard InChI is InChI=1S/C20H22F3N3O3/c21-20(22,23)12-5-6-14(15(29)7-12)18-16-10-1-3-11(4-2-10)17(16)19(26-25-18)24-8-13(28)9-27/h5-7,10-11,13,27-29H,1-4,8-9H2,(H,24,26)/t10?,11?,13-/m0/s1. The van der Waals surface area contributed by atoms with E-state index in [9.17, 15) is 23.4 Å². The quantitative estimate of drug-likeness (QED) is 0.604. The van der Waals surface area contributed by atoms with Crippen LogP contribution in [0.4, 0.5) is 19.0 Å². The Bertz CT molecular complexity index is 912. The van der Waals surface area contributed by atoms with Crippen molar-refractivity contribution in [3.8, 4) is 17.0 Å². The van der Waals surface area contributed by atoms with Gasteiger partial charge in [0.2, 0.25) is 0 Å². The molecule has 0 aliphatic heterocycles. The largest absolute Gasteiger partial charge is 0.507 e. The number of phenols is 1. The zero-order valence-electron chi connectivity index (χ0n) is 15.6. The van der Waals surface area contributed by atoms with Gasteiger partial charge in [0.05, 0.1) is 18.3 Å². The molecule has 1 atom stereocenters. The van der Waals surface area contributed by atoms with Crippen LogP contribution in [0.1, 0.15) is 54.2 Å². The van der Waals surface area contributed by atoms with E-state index in [0.717, 1.165) is 42.9 Å². The smallest absolute Gasteiger partial charge is 0.416 e. The van der Waals surface area contributed by atoms with E-state index in [4.69, 9.17) is 5.11 Å². The highest BCUT2D eigenvalue weighted by Gasteiger charge is 2.39. The summed E-state index contributed by atoms with van der Waals surface area (Å²) in [7, 11) is 0. The molecule has 29 heavy (non-hydrogen) atoms. The number of alkyl halides is 3. The maximum atomic E-state index is 12.9. The molecule has 0 unspecified atom stereocenters. The van der Waals surface area contributed by atoms with Crippen molar-refractivity contribution in [3.63, 3.8) is 0 Å². The highest BCUT2D eigenvalue weighted by Crippen LogP contribution is 2.54. The molecule has 156 valence electrons. The Hall–Kier alpha value is -2.39. The van der Waals surface area contributed by atoms with E-state index in [1.165, 1.54) is 6.07 Å². The first-order valence-corrected chi connectivity index (χ1v) is 9.63. The molecule has 1 fully saturated rings. The number of aliphatic hydroxyl groups excluding tert-OH is 2. The third kappa shape index (κ3) is 3.64. The molecule has 1 heterocycles. The lowest BCUT2D eigenvalue weighted by Crippen LogP contribution is -2.28. The molecule has 1 saturated carbocycles. The number of phenolic OH excluding ortho intramolecular Hbond substituents is 1. The maximum Gasteiger partial charge on any atom is 0.416 e. The zero-order chi connectivity index (χ0) is 20.8. The summed E-state index contributed by atoms with van der Waals surface area (Å²) in [6.45, 7) is -0.272. The minimum absolute atomic E-state index is 0.111. The average molecular weight is 409 g/mol. The fourth-order valence-corrected chi connectivity index (χ4v) is 4.48. The van der Waals surface area contributed by atoms with Crippen molar-refractivity contribution in [2.24, 2.45) is 0 Å². The van der Waals surface area contributed by atoms with E-state index < -0.39 is 23.6 Å². The van der Waals surface area contributed by atoms with Crippen molar-refractivity contribution < 1.29 is 28.5 Å². The number of aromatic hydroxyl groups is 1. The molecule has 0 amide bonds. The van der Waals surface area contributed by atoms with Crippen molar-refractivity contribution in [2.45, 2.75) is 49.8 Å². The van der Waals surface area contributed by atoms with Crippen LogP contribution in [0.3, 0.4) is 0 Å². The molecule has 0 radical (unpaired) electrons. The van der Waals surface area contributed by atoms with Gasteiger partial charge in [0.1, 0.15) is 11.4 Å². The van der Waals surface area contributed by atoms with E-state index in [0.29, 0.717) is 17.6 Å². The van der Waals surface area contributed by atoms with Gasteiger partial charge >= 0.3 is 6.18 Å². The number of rotatable bonds is 5. The predicted molar refractivity (Wildman–Crippen MR) is 99.7 cm³/mol. The Morgan fingerprint density at radius 2 is 1.72 bits per heavy atom. The number of halogens is 3. The molecule has 1 aromatic carbocycles. The van der Waals surface area contributed by atoms with Gasteiger partial charge in [0, 0.05) is 17.7 Å². The summed E-state index contributed by atoms with van der Waals surface area (Å²) in [5.74, 6) is 0.492. The van der Waals surface area contributed by atoms with Crippen molar-refractivity contribution in [1.29, 1.82) is 0 Å². The van der Waals surface area contributed by atoms with Crippen LogP contribution in [0.25, 0.3) is 11.3 Å². The van der Waals surface area contributed by atoms with Crippen LogP contribution in [0.2, 0.25) is 0 Å². The third-order valence-corrected chi connectivity index (χ3v) is 5.89. The first kappa shape index (κ1) is 19.9. The van der Waals surface area contributed by atoms with Crippen LogP contribution in [0, 0.1) is 0 Å². The number of fused-ring (bicyclic) bond motifs is 2. The second-order valence-electron chi connectivity index (χ2n) is 7.72. The SMILES string of the molecule is OC[C@@H](O)CNc1nnc(-c2ccc(C(F)(F)F)cc2O)c2c1C1CCC2CC1. The van der Waals surface area contributed by atoms with Gasteiger partial charge in [0.25, 0.3) is 0 Å². The number of aliphatic hydroxyl groups is 2. The van der Waals surface area contributed by atoms with Crippen LogP contribution in [0.5, 0.6) is 5.75 Å². The average Bonchev–Trinajstić information content (AvgIpc) is 2.72. The van der Waals surface area contributed by atoms with Crippen LogP contribution in [-0.4, -0.2) is 44.8 Å². The summed E-state index contributed by atoms with van der Waals surface area (Å²) >= 11 is 0. The molecule has 2 bridgehead atoms. The Balaban J connectivity index is 1.79. The molecule has 0 spiro atoms. The van der Waals surface area contributed by atoms with Crippen LogP contribution < -0.4 is 5.32 Å². The number of benzene rings is 1. The summed E-state index contributed by atoms with van der Waals surface area (Å²) in [5, 5.41) is 40.5. The maximum absolute atomic E-state index is 12.9. The zero-order valence-corrected chi connectivity index (χ0v) is 15.6. The molecule has 3 aliphatic carbocycles. The number of nitrogens with one attached hydrogen (secondary N) is 1. The molecular weight excluding hydrogens is 387 g/mol. The highest BCUT2D eigenvalue weighted by atomic mass is 19.4. The second kappa shape index (κ2) is 7.46. The lowest BCUT2D eigenvalue weighted by atomic mass is 9.66. The monoisotopic (exact) mass is 409 g/mol. The number of anilines is 1. The van der Waals surface area contributed by atoms with Crippen LogP contribution >= 0.6 is 0 Å². The normalized spacial score (nSPS) is 21.7. The molecule has 6 nitrogen and oxygen atoms in total. The second-order valence-corrected chi connectivity index (χ2v) is 7.72. The Morgan fingerprint density at radius 3 is 2.31 bits per heavy atom. The fourth-order valence-electron chi connectivity index (χ4n) is 4.48. The van der Waals surface area contributed by atoms with Gasteiger partial charge in [0.15, 0.2) is 5.82 Å². The minimum Gasteiger partial charge on any atom is -0.507 e. The first-order chi connectivity index (χ1) is 13.8. The van der Waals surface area contributed by atoms with Crippen LogP contribution in [0.15, 0.2) is 18.2 Å². The van der Waals surface area contributed by atoms with E-state index >= 15 is 0 Å². The molecule has 2 aromatic rings. The number of hydrogen-bond donors (Lipinski definition) is 4. The molecule has 3 aliphatic rings. The molecule has 9 heteroatoms. The lowest BCUT2D eigenvalue weighted by Gasteiger charge is -2.39. The summed E-state index contributed by atoms with van der Waals surface area (Å²) in [4.78, 5) is 0. The Kier molecular flexibility index (Phi) is 5.12. The molecule has 0 saturated heterocycles. The molecule has 4 N–H and O–H groups in total. The van der Waals surface area contributed by atoms with Crippen LogP contribution in [-0.2, 0) is 6.18 Å². The van der Waals surface area contributed by atoms with Gasteiger partial charge in [-0.3, -0.25) is 0 Å². The Labute approximate surface area is 165 Å². The van der Waals surface area contributed by atoms with Gasteiger partial charge in [-0.25, -0.2) is 0 Å². The number of hydrogen-bond acceptors (Lipinski definition) is 6. The summed E-state index contributed by atoms with van der Waals surface area (Å²) in [6.07, 6.45) is -1.60. The van der Waals surface area contributed by atoms with Gasteiger partial charge in [-0.05, 0) is 61.3 Å². The summed E-state index contributed by atoms with van der Waals surface area (Å²) in [5.41, 5.74) is 1.60. The van der Waals surface area contributed by atoms with Gasteiger partial charge in [-0.1, -0.05) is 0 Å². The fraction of sp³-hybridized carbons (Fsp3) is 0.500. The lowest BCUT2D eigenvalue weighted by molar-refractivity contribution is -0.137. The van der Waals surface area contributed by atoms with E-state index in [2.05, 4.69) is 15.5 Å². The first-order valence-electron chi connectivity index (χ1n) is 9.63. The topological polar surface area (TPSA) is 98.5 Å². The Morgan fingerprint density at radius 1 is 1.07 bits per heavy atom. The van der Waals surface area contributed by atoms with E-state index in [1.807, 2.05) is 0 Å². The summed E-state index contributed by atoms with van der Waals surface area (Å²) in [6, 6.07) is 2.90. The van der Waals surface area contributed by atoms with Crippen molar-refractivity contribution >= 4 is 5.82 Å². The number of aromatic nitrogens is 2. The van der Waals surface area contributed by atoms with Gasteiger partial charge in [-0.15, -0.1) is 10.2 Å². The third-order valence-electron chi connectivity index (χ3n) is 5.89. The number of nitrogens with zero attached hydrogens (tertiary/aromatic N) is 2. The van der Waals surface area contributed by atoms with Gasteiger partial charge < -0.3 is 20.6 Å². The summed E-state index contributed by atoms with van der Waals surface area (Å²) < 4.78 is 38.8. The molecule has 5 rings (SSSR count). The predicted octanol–water partition coefficient (Wildman–Crippen LogP) is 3.39. The van der Waals surface area contributed by atoms with Crippen molar-refractivity contribution in [1.82, 2.24) is 10.2 Å². The highest BCUT2D eigenvalue weighted by molar-refractivity contribution is 5.74. The minimum atomic E-state index is -4.54. The van der Waals surface area contributed by atoms with Crippen molar-refractivity contribution in [3.05, 3.63) is 34.9 Å². The van der Waals surface area contributed by atoms with E-state index in [1.54, 1.807) is 0 Å². The van der Waals surface area contributed by atoms with Gasteiger partial charge in [-0.2, -0.15) is 13.2 Å².